The first-order chi connectivity index (χ1) is 15.4. The molecule has 2 fully saturated rings. The Hall–Kier alpha value is -1.59. The summed E-state index contributed by atoms with van der Waals surface area (Å²) in [4.78, 5) is 15.6. The smallest absolute Gasteiger partial charge is 0.223 e. The average molecular weight is 475 g/mol. The van der Waals surface area contributed by atoms with Crippen LogP contribution in [0.3, 0.4) is 0 Å². The number of carbonyl (C=O) groups excluding carboxylic acids is 1. The summed E-state index contributed by atoms with van der Waals surface area (Å²) in [6, 6.07) is 16.3. The highest BCUT2D eigenvalue weighted by Gasteiger charge is 2.47. The fourth-order valence-electron chi connectivity index (χ4n) is 5.46. The summed E-state index contributed by atoms with van der Waals surface area (Å²) in [6.45, 7) is 4.01. The Balaban J connectivity index is 1.62. The zero-order valence-corrected chi connectivity index (χ0v) is 20.2. The summed E-state index contributed by atoms with van der Waals surface area (Å²) in [5.41, 5.74) is 2.12. The lowest BCUT2D eigenvalue weighted by Crippen LogP contribution is -2.51. The molecule has 0 spiro atoms. The summed E-state index contributed by atoms with van der Waals surface area (Å²) in [7, 11) is 0. The predicted molar refractivity (Wildman–Crippen MR) is 130 cm³/mol. The molecule has 32 heavy (non-hydrogen) atoms. The van der Waals surface area contributed by atoms with Crippen LogP contribution in [0.1, 0.15) is 56.7 Å². The number of carbonyl (C=O) groups is 1. The highest BCUT2D eigenvalue weighted by atomic mass is 35.5. The minimum Gasteiger partial charge on any atom is -0.394 e. The van der Waals surface area contributed by atoms with Crippen LogP contribution in [0.15, 0.2) is 48.5 Å². The quantitative estimate of drug-likeness (QED) is 0.559. The molecule has 2 N–H and O–H groups in total. The maximum atomic E-state index is 13.0. The molecule has 0 aromatic heterocycles. The van der Waals surface area contributed by atoms with E-state index in [9.17, 15) is 9.90 Å². The Kier molecular flexibility index (Phi) is 7.46. The van der Waals surface area contributed by atoms with Crippen molar-refractivity contribution in [1.29, 1.82) is 0 Å². The second kappa shape index (κ2) is 10.1. The zero-order chi connectivity index (χ0) is 22.8. The molecule has 2 aliphatic heterocycles. The van der Waals surface area contributed by atoms with Gasteiger partial charge in [0.05, 0.1) is 18.7 Å². The van der Waals surface area contributed by atoms with E-state index in [0.29, 0.717) is 0 Å². The van der Waals surface area contributed by atoms with Crippen molar-refractivity contribution in [3.05, 3.63) is 69.7 Å². The van der Waals surface area contributed by atoms with Gasteiger partial charge >= 0.3 is 0 Å². The van der Waals surface area contributed by atoms with Crippen LogP contribution in [0.2, 0.25) is 10.0 Å². The summed E-state index contributed by atoms with van der Waals surface area (Å²) in [5, 5.41) is 14.2. The van der Waals surface area contributed by atoms with Gasteiger partial charge in [0, 0.05) is 28.0 Å². The summed E-state index contributed by atoms with van der Waals surface area (Å²) >= 11 is 13.4. The van der Waals surface area contributed by atoms with E-state index >= 15 is 0 Å². The lowest BCUT2D eigenvalue weighted by Gasteiger charge is -2.44. The van der Waals surface area contributed by atoms with Crippen LogP contribution in [0.5, 0.6) is 0 Å². The van der Waals surface area contributed by atoms with Gasteiger partial charge in [-0.1, -0.05) is 73.4 Å². The lowest BCUT2D eigenvalue weighted by atomic mass is 9.85. The molecular weight excluding hydrogens is 443 g/mol. The first kappa shape index (κ1) is 23.6. The van der Waals surface area contributed by atoms with Crippen LogP contribution >= 0.6 is 23.2 Å². The average Bonchev–Trinajstić information content (AvgIpc) is 3.02. The molecule has 0 radical (unpaired) electrons. The number of fused-ring (bicyclic) bond motifs is 2. The molecule has 172 valence electrons. The van der Waals surface area contributed by atoms with Crippen LogP contribution < -0.4 is 5.32 Å². The van der Waals surface area contributed by atoms with Crippen molar-refractivity contribution in [2.75, 3.05) is 6.61 Å². The van der Waals surface area contributed by atoms with Crippen LogP contribution in [0.25, 0.3) is 0 Å². The van der Waals surface area contributed by atoms with Gasteiger partial charge in [-0.3, -0.25) is 9.69 Å². The molecule has 4 rings (SSSR count). The first-order valence-electron chi connectivity index (χ1n) is 11.6. The number of hydrogen-bond donors (Lipinski definition) is 2. The molecule has 0 saturated carbocycles. The fraction of sp³-hybridized carbons (Fsp3) is 0.500. The fourth-order valence-corrected chi connectivity index (χ4v) is 5.93. The number of nitrogens with one attached hydrogen (secondary N) is 1. The van der Waals surface area contributed by atoms with E-state index in [1.165, 1.54) is 0 Å². The zero-order valence-electron chi connectivity index (χ0n) is 18.7. The number of aliphatic hydroxyl groups excluding tert-OH is 1. The van der Waals surface area contributed by atoms with Crippen molar-refractivity contribution in [3.8, 4) is 0 Å². The van der Waals surface area contributed by atoms with Gasteiger partial charge in [0.1, 0.15) is 0 Å². The molecule has 2 unspecified atom stereocenters. The summed E-state index contributed by atoms with van der Waals surface area (Å²) < 4.78 is 0. The van der Waals surface area contributed by atoms with E-state index in [2.05, 4.69) is 22.3 Å². The normalized spacial score (nSPS) is 24.2. The van der Waals surface area contributed by atoms with E-state index < -0.39 is 0 Å². The molecule has 2 aliphatic rings. The number of aliphatic hydroxyl groups is 1. The number of halogens is 2. The first-order valence-corrected chi connectivity index (χ1v) is 12.3. The molecule has 6 heteroatoms. The second-order valence-electron chi connectivity index (χ2n) is 9.49. The third kappa shape index (κ3) is 4.70. The molecule has 3 atom stereocenters. The third-order valence-corrected chi connectivity index (χ3v) is 7.88. The van der Waals surface area contributed by atoms with Crippen LogP contribution in [-0.2, 0) is 4.79 Å². The molecule has 0 aliphatic carbocycles. The number of hydrogen-bond acceptors (Lipinski definition) is 3. The highest BCUT2D eigenvalue weighted by molar-refractivity contribution is 6.32. The topological polar surface area (TPSA) is 52.6 Å². The summed E-state index contributed by atoms with van der Waals surface area (Å²) in [5.74, 6) is 0.238. The van der Waals surface area contributed by atoms with Gasteiger partial charge in [-0.05, 0) is 54.9 Å². The maximum Gasteiger partial charge on any atom is 0.223 e. The predicted octanol–water partition coefficient (Wildman–Crippen LogP) is 5.46. The van der Waals surface area contributed by atoms with Gasteiger partial charge in [0.2, 0.25) is 5.91 Å². The minimum atomic E-state index is -0.197. The number of amides is 1. The number of piperidine rings is 1. The van der Waals surface area contributed by atoms with Crippen molar-refractivity contribution in [2.24, 2.45) is 11.8 Å². The van der Waals surface area contributed by atoms with Crippen molar-refractivity contribution in [1.82, 2.24) is 10.2 Å². The van der Waals surface area contributed by atoms with Gasteiger partial charge in [0.25, 0.3) is 0 Å². The van der Waals surface area contributed by atoms with Gasteiger partial charge in [-0.25, -0.2) is 0 Å². The van der Waals surface area contributed by atoms with Crippen molar-refractivity contribution < 1.29 is 9.90 Å². The van der Waals surface area contributed by atoms with Crippen LogP contribution in [0.4, 0.5) is 0 Å². The van der Waals surface area contributed by atoms with Gasteiger partial charge in [0.15, 0.2) is 0 Å². The van der Waals surface area contributed by atoms with Crippen LogP contribution in [-0.4, -0.2) is 40.6 Å². The standard InChI is InChI=1S/C26H32Cl2N2O2/c1-16(2)24(15-31)29-26(32)17-13-18-11-12-19(14-17)30(18)25(20-7-3-5-9-22(20)27)21-8-4-6-10-23(21)28/h3-10,16-19,24-25,31H,11-15H2,1-2H3,(H,29,32)/t17?,18?,19?,24-/m1/s1. The van der Waals surface area contributed by atoms with E-state index in [0.717, 1.165) is 46.9 Å². The molecule has 2 aromatic carbocycles. The molecule has 2 heterocycles. The van der Waals surface area contributed by atoms with Gasteiger partial charge in [-0.2, -0.15) is 0 Å². The monoisotopic (exact) mass is 474 g/mol. The Bertz CT molecular complexity index is 891. The molecule has 2 aromatic rings. The molecule has 4 nitrogen and oxygen atoms in total. The number of nitrogens with zero attached hydrogens (tertiary/aromatic N) is 1. The van der Waals surface area contributed by atoms with E-state index in [-0.39, 0.29) is 48.5 Å². The van der Waals surface area contributed by atoms with Gasteiger partial charge < -0.3 is 10.4 Å². The second-order valence-corrected chi connectivity index (χ2v) is 10.3. The Morgan fingerprint density at radius 2 is 1.50 bits per heavy atom. The third-order valence-electron chi connectivity index (χ3n) is 7.19. The van der Waals surface area contributed by atoms with Crippen molar-refractivity contribution in [3.63, 3.8) is 0 Å². The molecule has 2 bridgehead atoms. The highest BCUT2D eigenvalue weighted by Crippen LogP contribution is 2.48. The Morgan fingerprint density at radius 3 is 1.94 bits per heavy atom. The number of rotatable bonds is 7. The van der Waals surface area contributed by atoms with Gasteiger partial charge in [-0.15, -0.1) is 0 Å². The lowest BCUT2D eigenvalue weighted by molar-refractivity contribution is -0.129. The number of benzene rings is 2. The Morgan fingerprint density at radius 1 is 1.00 bits per heavy atom. The molecule has 1 amide bonds. The SMILES string of the molecule is CC(C)[C@@H](CO)NC(=O)C1CC2CCC(C1)N2C(c1ccccc1Cl)c1ccccc1Cl. The maximum absolute atomic E-state index is 13.0. The largest absolute Gasteiger partial charge is 0.394 e. The van der Waals surface area contributed by atoms with E-state index in [4.69, 9.17) is 23.2 Å². The van der Waals surface area contributed by atoms with Crippen molar-refractivity contribution >= 4 is 29.1 Å². The van der Waals surface area contributed by atoms with E-state index in [1.54, 1.807) is 0 Å². The van der Waals surface area contributed by atoms with Crippen molar-refractivity contribution in [2.45, 2.75) is 63.7 Å². The minimum absolute atomic E-state index is 0.0316. The molecule has 2 saturated heterocycles. The van der Waals surface area contributed by atoms with Crippen LogP contribution in [0, 0.1) is 11.8 Å². The Labute approximate surface area is 200 Å². The molecular formula is C26H32Cl2N2O2. The van der Waals surface area contributed by atoms with E-state index in [1.807, 2.05) is 50.2 Å². The summed E-state index contributed by atoms with van der Waals surface area (Å²) in [6.07, 6.45) is 3.74.